The van der Waals surface area contributed by atoms with E-state index in [2.05, 4.69) is 5.32 Å². The van der Waals surface area contributed by atoms with Gasteiger partial charge in [0.2, 0.25) is 11.0 Å². The number of carbonyl (C=O) groups is 3. The largest absolute Gasteiger partial charge is 0.480 e. The molecular weight excluding hydrogens is 273 g/mol. The second-order valence-electron chi connectivity index (χ2n) is 3.70. The molecule has 1 aromatic rings. The lowest BCUT2D eigenvalue weighted by molar-refractivity contribution is -0.140. The van der Waals surface area contributed by atoms with Crippen molar-refractivity contribution in [1.29, 1.82) is 0 Å². The average molecular weight is 285 g/mol. The Balaban J connectivity index is 2.59. The zero-order valence-electron chi connectivity index (χ0n) is 10.1. The number of carbonyl (C=O) groups excluding carboxylic acids is 2. The van der Waals surface area contributed by atoms with Gasteiger partial charge < -0.3 is 10.4 Å². The van der Waals surface area contributed by atoms with Crippen molar-refractivity contribution in [2.45, 2.75) is 13.0 Å². The monoisotopic (exact) mass is 285 g/mol. The Morgan fingerprint density at radius 1 is 1.32 bits per heavy atom. The number of amides is 1. The zero-order valence-corrected chi connectivity index (χ0v) is 10.9. The first-order chi connectivity index (χ1) is 8.90. The van der Waals surface area contributed by atoms with Crippen LogP contribution in [0.1, 0.15) is 17.3 Å². The highest BCUT2D eigenvalue weighted by atomic mass is 32.2. The normalized spacial score (nSPS) is 11.7. The topological polar surface area (TPSA) is 83.5 Å². The number of benzene rings is 1. The van der Waals surface area contributed by atoms with Gasteiger partial charge in [-0.3, -0.25) is 9.59 Å². The van der Waals surface area contributed by atoms with Crippen LogP contribution >= 0.6 is 11.8 Å². The van der Waals surface area contributed by atoms with Crippen molar-refractivity contribution in [3.8, 4) is 0 Å². The molecule has 102 valence electrons. The Labute approximate surface area is 113 Å². The second-order valence-corrected chi connectivity index (χ2v) is 4.69. The average Bonchev–Trinajstić information content (AvgIpc) is 2.34. The van der Waals surface area contributed by atoms with Gasteiger partial charge in [-0.25, -0.2) is 9.18 Å². The van der Waals surface area contributed by atoms with Crippen LogP contribution in [0.3, 0.4) is 0 Å². The molecular formula is C12H12FNO4S. The maximum Gasteiger partial charge on any atom is 0.327 e. The summed E-state index contributed by atoms with van der Waals surface area (Å²) in [4.78, 5) is 33.3. The smallest absolute Gasteiger partial charge is 0.327 e. The number of hydrogen-bond donors (Lipinski definition) is 2. The van der Waals surface area contributed by atoms with E-state index in [-0.39, 0.29) is 16.4 Å². The first-order valence-electron chi connectivity index (χ1n) is 5.32. The van der Waals surface area contributed by atoms with E-state index in [1.165, 1.54) is 19.1 Å². The van der Waals surface area contributed by atoms with Crippen molar-refractivity contribution in [2.24, 2.45) is 0 Å². The first kappa shape index (κ1) is 15.2. The predicted octanol–water partition coefficient (Wildman–Crippen LogP) is 1.29. The molecule has 0 saturated carbocycles. The van der Waals surface area contributed by atoms with Crippen molar-refractivity contribution >= 4 is 28.8 Å². The molecule has 0 saturated heterocycles. The Morgan fingerprint density at radius 2 is 1.89 bits per heavy atom. The third-order valence-electron chi connectivity index (χ3n) is 2.14. The lowest BCUT2D eigenvalue weighted by Crippen LogP contribution is -2.41. The first-order valence-corrected chi connectivity index (χ1v) is 6.31. The van der Waals surface area contributed by atoms with Crippen molar-refractivity contribution in [3.05, 3.63) is 35.6 Å². The molecule has 7 heteroatoms. The molecule has 5 nitrogen and oxygen atoms in total. The molecule has 1 aromatic carbocycles. The third-order valence-corrected chi connectivity index (χ3v) is 3.13. The molecule has 19 heavy (non-hydrogen) atoms. The van der Waals surface area contributed by atoms with Gasteiger partial charge in [-0.15, -0.1) is 0 Å². The van der Waals surface area contributed by atoms with Gasteiger partial charge in [0, 0.05) is 18.2 Å². The lowest BCUT2D eigenvalue weighted by atomic mass is 10.2. The highest BCUT2D eigenvalue weighted by molar-refractivity contribution is 8.14. The minimum Gasteiger partial charge on any atom is -0.480 e. The maximum absolute atomic E-state index is 12.7. The minimum atomic E-state index is -1.21. The highest BCUT2D eigenvalue weighted by Gasteiger charge is 2.20. The number of rotatable bonds is 5. The lowest BCUT2D eigenvalue weighted by Gasteiger charge is -2.11. The fourth-order valence-corrected chi connectivity index (χ4v) is 2.10. The van der Waals surface area contributed by atoms with E-state index in [1.807, 2.05) is 0 Å². The summed E-state index contributed by atoms with van der Waals surface area (Å²) in [6, 6.07) is 3.80. The van der Waals surface area contributed by atoms with Crippen LogP contribution in [0.25, 0.3) is 0 Å². The number of halogens is 1. The number of nitrogens with one attached hydrogen (secondary N) is 1. The molecule has 0 bridgehead atoms. The summed E-state index contributed by atoms with van der Waals surface area (Å²) < 4.78 is 12.7. The Bertz CT molecular complexity index is 489. The number of aliphatic carboxylic acids is 1. The van der Waals surface area contributed by atoms with E-state index in [1.54, 1.807) is 0 Å². The van der Waals surface area contributed by atoms with Crippen LogP contribution in [-0.2, 0) is 9.59 Å². The van der Waals surface area contributed by atoms with Crippen LogP contribution in [0, 0.1) is 5.82 Å². The number of carboxylic acid groups (broad SMARTS) is 1. The summed E-state index contributed by atoms with van der Waals surface area (Å²) in [6.07, 6.45) is 0. The quantitative estimate of drug-likeness (QED) is 0.851. The van der Waals surface area contributed by atoms with Gasteiger partial charge in [-0.2, -0.15) is 0 Å². The predicted molar refractivity (Wildman–Crippen MR) is 68.4 cm³/mol. The minimum absolute atomic E-state index is 0.0921. The molecule has 2 N–H and O–H groups in total. The number of hydrogen-bond acceptors (Lipinski definition) is 4. The summed E-state index contributed by atoms with van der Waals surface area (Å²) in [5.74, 6) is -2.24. The SMILES string of the molecule is CC(=O)NC(CSC(=O)c1ccc(F)cc1)C(=O)O. The molecule has 1 unspecified atom stereocenters. The van der Waals surface area contributed by atoms with Gasteiger partial charge in [-0.1, -0.05) is 11.8 Å². The fraction of sp³-hybridized carbons (Fsp3) is 0.250. The van der Waals surface area contributed by atoms with Crippen LogP contribution in [0.4, 0.5) is 4.39 Å². The Morgan fingerprint density at radius 3 is 2.37 bits per heavy atom. The second kappa shape index (κ2) is 6.89. The molecule has 0 heterocycles. The van der Waals surface area contributed by atoms with Gasteiger partial charge in [0.05, 0.1) is 0 Å². The molecule has 0 fully saturated rings. The van der Waals surface area contributed by atoms with Crippen molar-refractivity contribution in [1.82, 2.24) is 5.32 Å². The molecule has 0 aromatic heterocycles. The summed E-state index contributed by atoms with van der Waals surface area (Å²) in [6.45, 7) is 1.20. The van der Waals surface area contributed by atoms with E-state index in [9.17, 15) is 18.8 Å². The van der Waals surface area contributed by atoms with Gasteiger partial charge in [0.25, 0.3) is 0 Å². The van der Waals surface area contributed by atoms with Crippen LogP contribution < -0.4 is 5.32 Å². The van der Waals surface area contributed by atoms with Crippen LogP contribution in [-0.4, -0.2) is 33.9 Å². The van der Waals surface area contributed by atoms with E-state index in [4.69, 9.17) is 5.11 Å². The Hall–Kier alpha value is -1.89. The number of carboxylic acids is 1. The molecule has 1 amide bonds. The molecule has 0 aliphatic rings. The van der Waals surface area contributed by atoms with E-state index in [0.29, 0.717) is 0 Å². The summed E-state index contributed by atoms with van der Waals surface area (Å²) in [7, 11) is 0. The summed E-state index contributed by atoms with van der Waals surface area (Å²) in [5, 5.41) is 10.7. The van der Waals surface area contributed by atoms with Crippen molar-refractivity contribution in [3.63, 3.8) is 0 Å². The van der Waals surface area contributed by atoms with Gasteiger partial charge >= 0.3 is 5.97 Å². The van der Waals surface area contributed by atoms with Crippen LogP contribution in [0.5, 0.6) is 0 Å². The third kappa shape index (κ3) is 5.09. The maximum atomic E-state index is 12.7. The number of thioether (sulfide) groups is 1. The molecule has 0 aliphatic carbocycles. The Kier molecular flexibility index (Phi) is 5.50. The van der Waals surface area contributed by atoms with Gasteiger partial charge in [-0.05, 0) is 24.3 Å². The zero-order chi connectivity index (χ0) is 14.4. The molecule has 0 aliphatic heterocycles. The standard InChI is InChI=1S/C12H12FNO4S/c1-7(15)14-10(11(16)17)6-19-12(18)8-2-4-9(13)5-3-8/h2-5,10H,6H2,1H3,(H,14,15)(H,16,17). The molecule has 1 rings (SSSR count). The van der Waals surface area contributed by atoms with Crippen LogP contribution in [0.15, 0.2) is 24.3 Å². The highest BCUT2D eigenvalue weighted by Crippen LogP contribution is 2.14. The summed E-state index contributed by atoms with van der Waals surface area (Å²) >= 11 is 0.757. The van der Waals surface area contributed by atoms with E-state index in [0.717, 1.165) is 23.9 Å². The van der Waals surface area contributed by atoms with Crippen molar-refractivity contribution < 1.29 is 23.9 Å². The van der Waals surface area contributed by atoms with E-state index >= 15 is 0 Å². The van der Waals surface area contributed by atoms with Crippen LogP contribution in [0.2, 0.25) is 0 Å². The van der Waals surface area contributed by atoms with Crippen molar-refractivity contribution in [2.75, 3.05) is 5.75 Å². The molecule has 0 radical (unpaired) electrons. The fourth-order valence-electron chi connectivity index (χ4n) is 1.25. The summed E-state index contributed by atoms with van der Waals surface area (Å²) in [5.41, 5.74) is 0.276. The van der Waals surface area contributed by atoms with Gasteiger partial charge in [0.1, 0.15) is 11.9 Å². The van der Waals surface area contributed by atoms with E-state index < -0.39 is 23.7 Å². The molecule has 0 spiro atoms. The molecule has 1 atom stereocenters. The van der Waals surface area contributed by atoms with Gasteiger partial charge in [0.15, 0.2) is 0 Å².